The number of rotatable bonds is 7. The number of likely N-dealkylation sites (tertiary alicyclic amines) is 1. The Morgan fingerprint density at radius 2 is 1.94 bits per heavy atom. The maximum atomic E-state index is 12.9. The summed E-state index contributed by atoms with van der Waals surface area (Å²) in [5.41, 5.74) is 4.24. The van der Waals surface area contributed by atoms with Gasteiger partial charge in [0, 0.05) is 19.5 Å². The summed E-state index contributed by atoms with van der Waals surface area (Å²) in [7, 11) is 0. The lowest BCUT2D eigenvalue weighted by Gasteiger charge is -2.19. The van der Waals surface area contributed by atoms with Gasteiger partial charge in [-0.05, 0) is 24.5 Å². The van der Waals surface area contributed by atoms with E-state index in [0.717, 1.165) is 22.6 Å². The Morgan fingerprint density at radius 3 is 2.65 bits per heavy atom. The molecule has 0 saturated carbocycles. The summed E-state index contributed by atoms with van der Waals surface area (Å²) >= 11 is 0. The summed E-state index contributed by atoms with van der Waals surface area (Å²) in [6, 6.07) is 17.9. The van der Waals surface area contributed by atoms with Gasteiger partial charge in [-0.3, -0.25) is 9.59 Å². The lowest BCUT2D eigenvalue weighted by Crippen LogP contribution is -2.35. The molecule has 4 rings (SSSR count). The molecule has 6 heteroatoms. The first kappa shape index (κ1) is 20.8. The zero-order valence-corrected chi connectivity index (χ0v) is 18.0. The van der Waals surface area contributed by atoms with Crippen molar-refractivity contribution in [2.45, 2.75) is 39.3 Å². The number of carbonyl (C=O) groups excluding carboxylic acids is 2. The third-order valence-electron chi connectivity index (χ3n) is 5.81. The third-order valence-corrected chi connectivity index (χ3v) is 5.81. The second-order valence-corrected chi connectivity index (χ2v) is 8.18. The number of hydrogen-bond acceptors (Lipinski definition) is 3. The molecule has 31 heavy (non-hydrogen) atoms. The maximum absolute atomic E-state index is 12.9. The van der Waals surface area contributed by atoms with E-state index >= 15 is 0 Å². The number of aryl methyl sites for hydroxylation is 1. The standard InChI is InChI=1S/C25H28N4O2/c1-3-21(24-26-14-22(27-24)19-7-5-4-6-8-19)28-25(31)20-13-23(30)29(16-20)15-18-11-9-17(2)10-12-18/h4-12,14,20-21H,3,13,15-16H2,1-2H3,(H,26,27)(H,28,31). The highest BCUT2D eigenvalue weighted by atomic mass is 16.2. The van der Waals surface area contributed by atoms with Crippen molar-refractivity contribution in [1.82, 2.24) is 20.2 Å². The summed E-state index contributed by atoms with van der Waals surface area (Å²) in [6.07, 6.45) is 2.75. The fourth-order valence-corrected chi connectivity index (χ4v) is 3.95. The predicted octanol–water partition coefficient (Wildman–Crippen LogP) is 4.00. The Labute approximate surface area is 182 Å². The normalized spacial score (nSPS) is 17.0. The molecular weight excluding hydrogens is 388 g/mol. The molecule has 1 aliphatic rings. The Morgan fingerprint density at radius 1 is 1.19 bits per heavy atom. The van der Waals surface area contributed by atoms with Crippen LogP contribution in [0.3, 0.4) is 0 Å². The highest BCUT2D eigenvalue weighted by Crippen LogP contribution is 2.24. The molecule has 1 fully saturated rings. The highest BCUT2D eigenvalue weighted by molar-refractivity contribution is 5.89. The second-order valence-electron chi connectivity index (χ2n) is 8.18. The van der Waals surface area contributed by atoms with Crippen LogP contribution in [0, 0.1) is 12.8 Å². The number of hydrogen-bond donors (Lipinski definition) is 2. The molecule has 3 aromatic rings. The van der Waals surface area contributed by atoms with Crippen LogP contribution < -0.4 is 5.32 Å². The number of carbonyl (C=O) groups is 2. The molecule has 2 aromatic carbocycles. The van der Waals surface area contributed by atoms with E-state index < -0.39 is 0 Å². The number of benzene rings is 2. The Hall–Kier alpha value is -3.41. The molecule has 160 valence electrons. The Kier molecular flexibility index (Phi) is 6.16. The van der Waals surface area contributed by atoms with Gasteiger partial charge < -0.3 is 15.2 Å². The van der Waals surface area contributed by atoms with E-state index in [1.807, 2.05) is 68.4 Å². The van der Waals surface area contributed by atoms with Crippen molar-refractivity contribution in [3.8, 4) is 11.3 Å². The third kappa shape index (κ3) is 4.85. The fourth-order valence-electron chi connectivity index (χ4n) is 3.95. The van der Waals surface area contributed by atoms with Crippen molar-refractivity contribution < 1.29 is 9.59 Å². The zero-order chi connectivity index (χ0) is 21.8. The summed E-state index contributed by atoms with van der Waals surface area (Å²) in [5.74, 6) is 0.327. The Balaban J connectivity index is 1.38. The molecule has 2 heterocycles. The minimum absolute atomic E-state index is 0.0261. The Bertz CT molecular complexity index is 1040. The SMILES string of the molecule is CCC(NC(=O)C1CC(=O)N(Cc2ccc(C)cc2)C1)c1ncc(-c2ccccc2)[nH]1. The predicted molar refractivity (Wildman–Crippen MR) is 120 cm³/mol. The quantitative estimate of drug-likeness (QED) is 0.611. The van der Waals surface area contributed by atoms with Crippen molar-refractivity contribution in [2.24, 2.45) is 5.92 Å². The first-order chi connectivity index (χ1) is 15.0. The van der Waals surface area contributed by atoms with Gasteiger partial charge in [0.1, 0.15) is 5.82 Å². The first-order valence-electron chi connectivity index (χ1n) is 10.8. The van der Waals surface area contributed by atoms with Crippen LogP contribution in [0.1, 0.15) is 42.8 Å². The molecule has 2 N–H and O–H groups in total. The van der Waals surface area contributed by atoms with E-state index in [9.17, 15) is 9.59 Å². The van der Waals surface area contributed by atoms with Crippen molar-refractivity contribution >= 4 is 11.8 Å². The van der Waals surface area contributed by atoms with E-state index in [-0.39, 0.29) is 30.2 Å². The number of imidazole rings is 1. The molecule has 2 unspecified atom stereocenters. The minimum atomic E-state index is -0.337. The maximum Gasteiger partial charge on any atom is 0.226 e. The van der Waals surface area contributed by atoms with E-state index in [4.69, 9.17) is 0 Å². The van der Waals surface area contributed by atoms with Gasteiger partial charge in [-0.1, -0.05) is 67.1 Å². The van der Waals surface area contributed by atoms with E-state index in [2.05, 4.69) is 15.3 Å². The molecule has 0 bridgehead atoms. The van der Waals surface area contributed by atoms with E-state index in [0.29, 0.717) is 19.5 Å². The summed E-state index contributed by atoms with van der Waals surface area (Å²) < 4.78 is 0. The van der Waals surface area contributed by atoms with Gasteiger partial charge in [0.25, 0.3) is 0 Å². The van der Waals surface area contributed by atoms with E-state index in [1.54, 1.807) is 11.1 Å². The van der Waals surface area contributed by atoms with Crippen LogP contribution in [0.5, 0.6) is 0 Å². The van der Waals surface area contributed by atoms with Gasteiger partial charge in [0.05, 0.1) is 23.9 Å². The van der Waals surface area contributed by atoms with Crippen molar-refractivity contribution in [3.05, 3.63) is 77.7 Å². The van der Waals surface area contributed by atoms with Crippen LogP contribution >= 0.6 is 0 Å². The van der Waals surface area contributed by atoms with E-state index in [1.165, 1.54) is 5.56 Å². The van der Waals surface area contributed by atoms with Crippen LogP contribution in [0.4, 0.5) is 0 Å². The van der Waals surface area contributed by atoms with Crippen LogP contribution in [0.2, 0.25) is 0 Å². The molecule has 2 atom stereocenters. The van der Waals surface area contributed by atoms with Crippen molar-refractivity contribution in [3.63, 3.8) is 0 Å². The van der Waals surface area contributed by atoms with Crippen LogP contribution in [0.25, 0.3) is 11.3 Å². The number of nitrogens with one attached hydrogen (secondary N) is 2. The van der Waals surface area contributed by atoms with Crippen molar-refractivity contribution in [1.29, 1.82) is 0 Å². The summed E-state index contributed by atoms with van der Waals surface area (Å²) in [4.78, 5) is 35.0. The molecule has 2 amide bonds. The summed E-state index contributed by atoms with van der Waals surface area (Å²) in [6.45, 7) is 5.04. The van der Waals surface area contributed by atoms with Gasteiger partial charge in [-0.2, -0.15) is 0 Å². The zero-order valence-electron chi connectivity index (χ0n) is 18.0. The number of amides is 2. The lowest BCUT2D eigenvalue weighted by molar-refractivity contribution is -0.129. The molecule has 1 aliphatic heterocycles. The molecule has 0 spiro atoms. The number of H-pyrrole nitrogens is 1. The van der Waals surface area contributed by atoms with Gasteiger partial charge >= 0.3 is 0 Å². The van der Waals surface area contributed by atoms with Gasteiger partial charge in [-0.25, -0.2) is 4.98 Å². The molecule has 1 saturated heterocycles. The number of nitrogens with zero attached hydrogens (tertiary/aromatic N) is 2. The van der Waals surface area contributed by atoms with Gasteiger partial charge in [0.2, 0.25) is 11.8 Å². The topological polar surface area (TPSA) is 78.1 Å². The largest absolute Gasteiger partial charge is 0.346 e. The number of aromatic nitrogens is 2. The average Bonchev–Trinajstić information content (AvgIpc) is 3.42. The molecular formula is C25H28N4O2. The molecule has 0 radical (unpaired) electrons. The van der Waals surface area contributed by atoms with Gasteiger partial charge in [-0.15, -0.1) is 0 Å². The fraction of sp³-hybridized carbons (Fsp3) is 0.320. The smallest absolute Gasteiger partial charge is 0.226 e. The first-order valence-corrected chi connectivity index (χ1v) is 10.8. The highest BCUT2D eigenvalue weighted by Gasteiger charge is 2.35. The van der Waals surface area contributed by atoms with Crippen LogP contribution in [0.15, 0.2) is 60.8 Å². The molecule has 6 nitrogen and oxygen atoms in total. The lowest BCUT2D eigenvalue weighted by atomic mass is 10.1. The van der Waals surface area contributed by atoms with Gasteiger partial charge in [0.15, 0.2) is 0 Å². The number of aromatic amines is 1. The molecule has 1 aromatic heterocycles. The second kappa shape index (κ2) is 9.16. The summed E-state index contributed by atoms with van der Waals surface area (Å²) in [5, 5.41) is 3.09. The van der Waals surface area contributed by atoms with Crippen molar-refractivity contribution in [2.75, 3.05) is 6.54 Å². The van der Waals surface area contributed by atoms with Crippen LogP contribution in [-0.4, -0.2) is 33.2 Å². The van der Waals surface area contributed by atoms with Crippen LogP contribution in [-0.2, 0) is 16.1 Å². The monoisotopic (exact) mass is 416 g/mol. The minimum Gasteiger partial charge on any atom is -0.346 e. The molecule has 0 aliphatic carbocycles. The average molecular weight is 417 g/mol.